The fourth-order valence-corrected chi connectivity index (χ4v) is 1.40. The highest BCUT2D eigenvalue weighted by Gasteiger charge is 2.32. The molecule has 1 nitrogen and oxygen atoms in total. The number of rotatable bonds is 2. The van der Waals surface area contributed by atoms with Gasteiger partial charge in [0.2, 0.25) is 0 Å². The summed E-state index contributed by atoms with van der Waals surface area (Å²) in [6.07, 6.45) is -4.16. The molecule has 0 aromatic heterocycles. The molecule has 0 fully saturated rings. The lowest BCUT2D eigenvalue weighted by Gasteiger charge is -2.12. The van der Waals surface area contributed by atoms with Gasteiger partial charge in [-0.3, -0.25) is 0 Å². The van der Waals surface area contributed by atoms with Crippen LogP contribution in [0.4, 0.5) is 13.2 Å². The van der Waals surface area contributed by atoms with E-state index in [0.29, 0.717) is 5.02 Å². The van der Waals surface area contributed by atoms with Crippen LogP contribution in [0.5, 0.6) is 0 Å². The second-order valence-corrected chi connectivity index (χ2v) is 3.27. The lowest BCUT2D eigenvalue weighted by molar-refractivity contribution is -0.138. The number of halogens is 4. The van der Waals surface area contributed by atoms with Gasteiger partial charge in [0.15, 0.2) is 0 Å². The average Bonchev–Trinajstić information content (AvgIpc) is 2.02. The number of nitrogens with two attached hydrogens (primary N) is 1. The molecule has 0 bridgehead atoms. The summed E-state index contributed by atoms with van der Waals surface area (Å²) in [6, 6.07) is 3.51. The van der Waals surface area contributed by atoms with E-state index in [-0.39, 0.29) is 18.5 Å². The molecule has 1 aromatic carbocycles. The highest BCUT2D eigenvalue weighted by Crippen LogP contribution is 2.33. The van der Waals surface area contributed by atoms with Gasteiger partial charge in [-0.2, -0.15) is 13.2 Å². The molecule has 2 N–H and O–H groups in total. The lowest BCUT2D eigenvalue weighted by Crippen LogP contribution is -2.12. The highest BCUT2D eigenvalue weighted by molar-refractivity contribution is 6.30. The number of alkyl halides is 3. The smallest absolute Gasteiger partial charge is 0.330 e. The fraction of sp³-hybridized carbons (Fsp3) is 0.333. The first-order chi connectivity index (χ1) is 6.45. The van der Waals surface area contributed by atoms with E-state index >= 15 is 0 Å². The van der Waals surface area contributed by atoms with Crippen LogP contribution in [-0.2, 0) is 12.6 Å². The van der Waals surface area contributed by atoms with Crippen molar-refractivity contribution in [2.45, 2.75) is 12.6 Å². The molecule has 14 heavy (non-hydrogen) atoms. The van der Waals surface area contributed by atoms with E-state index in [1.54, 1.807) is 0 Å². The van der Waals surface area contributed by atoms with Gasteiger partial charge in [0.05, 0.1) is 5.56 Å². The number of benzene rings is 1. The summed E-state index contributed by atoms with van der Waals surface area (Å²) in [4.78, 5) is 0. The first-order valence-electron chi connectivity index (χ1n) is 4.01. The maximum atomic E-state index is 12.4. The second-order valence-electron chi connectivity index (χ2n) is 2.84. The maximum Gasteiger partial charge on any atom is 0.416 e. The normalized spacial score (nSPS) is 11.8. The van der Waals surface area contributed by atoms with Crippen LogP contribution in [0, 0.1) is 0 Å². The van der Waals surface area contributed by atoms with Gasteiger partial charge in [-0.15, -0.1) is 0 Å². The Morgan fingerprint density at radius 2 is 1.93 bits per heavy atom. The first-order valence-corrected chi connectivity index (χ1v) is 4.38. The average molecular weight is 224 g/mol. The topological polar surface area (TPSA) is 26.0 Å². The molecule has 0 atom stereocenters. The minimum Gasteiger partial charge on any atom is -0.330 e. The quantitative estimate of drug-likeness (QED) is 0.820. The van der Waals surface area contributed by atoms with Crippen LogP contribution in [0.2, 0.25) is 5.02 Å². The monoisotopic (exact) mass is 223 g/mol. The predicted molar refractivity (Wildman–Crippen MR) is 49.2 cm³/mol. The lowest BCUT2D eigenvalue weighted by atomic mass is 10.0. The Kier molecular flexibility index (Phi) is 3.39. The van der Waals surface area contributed by atoms with Crippen LogP contribution in [0.25, 0.3) is 0 Å². The van der Waals surface area contributed by atoms with Crippen molar-refractivity contribution < 1.29 is 13.2 Å². The molecule has 0 unspecified atom stereocenters. The first kappa shape index (κ1) is 11.3. The van der Waals surface area contributed by atoms with E-state index in [2.05, 4.69) is 0 Å². The van der Waals surface area contributed by atoms with Crippen molar-refractivity contribution in [3.05, 3.63) is 34.3 Å². The highest BCUT2D eigenvalue weighted by atomic mass is 35.5. The van der Waals surface area contributed by atoms with Gasteiger partial charge in [-0.1, -0.05) is 11.6 Å². The molecule has 0 amide bonds. The summed E-state index contributed by atoms with van der Waals surface area (Å²) >= 11 is 5.59. The molecule has 0 aliphatic rings. The Balaban J connectivity index is 3.15. The van der Waals surface area contributed by atoms with Gasteiger partial charge in [0.1, 0.15) is 0 Å². The molecule has 1 aromatic rings. The Morgan fingerprint density at radius 3 is 2.43 bits per heavy atom. The summed E-state index contributed by atoms with van der Waals surface area (Å²) in [5.74, 6) is 0. The van der Waals surface area contributed by atoms with Crippen LogP contribution in [-0.4, -0.2) is 6.54 Å². The van der Waals surface area contributed by atoms with E-state index in [4.69, 9.17) is 17.3 Å². The number of hydrogen-bond donors (Lipinski definition) is 1. The molecule has 0 radical (unpaired) electrons. The molecule has 78 valence electrons. The largest absolute Gasteiger partial charge is 0.416 e. The summed E-state index contributed by atoms with van der Waals surface area (Å²) in [5, 5.41) is 0.293. The Hall–Kier alpha value is -0.740. The molecule has 5 heteroatoms. The van der Waals surface area contributed by atoms with Crippen molar-refractivity contribution in [1.29, 1.82) is 0 Å². The molecule has 0 aliphatic carbocycles. The van der Waals surface area contributed by atoms with Crippen molar-refractivity contribution >= 4 is 11.6 Å². The number of hydrogen-bond acceptors (Lipinski definition) is 1. The minimum absolute atomic E-state index is 0.146. The summed E-state index contributed by atoms with van der Waals surface area (Å²) in [6.45, 7) is 0.170. The van der Waals surface area contributed by atoms with Crippen LogP contribution in [0.15, 0.2) is 18.2 Å². The summed E-state index contributed by atoms with van der Waals surface area (Å²) in [7, 11) is 0. The standard InChI is InChI=1S/C9H9ClF3N/c10-7-1-2-8(9(11,12)13)6(5-7)3-4-14/h1-2,5H,3-4,14H2. The van der Waals surface area contributed by atoms with Crippen molar-refractivity contribution in [3.8, 4) is 0 Å². The SMILES string of the molecule is NCCc1cc(Cl)ccc1C(F)(F)F. The van der Waals surface area contributed by atoms with Crippen LogP contribution >= 0.6 is 11.6 Å². The van der Waals surface area contributed by atoms with Crippen molar-refractivity contribution in [1.82, 2.24) is 0 Å². The van der Waals surface area contributed by atoms with Gasteiger partial charge in [0.25, 0.3) is 0 Å². The van der Waals surface area contributed by atoms with E-state index in [9.17, 15) is 13.2 Å². The molecule has 0 saturated carbocycles. The van der Waals surface area contributed by atoms with Gasteiger partial charge >= 0.3 is 6.18 Å². The molecule has 0 aliphatic heterocycles. The Morgan fingerprint density at radius 1 is 1.29 bits per heavy atom. The third-order valence-electron chi connectivity index (χ3n) is 1.79. The van der Waals surface area contributed by atoms with Gasteiger partial charge in [-0.25, -0.2) is 0 Å². The van der Waals surface area contributed by atoms with Gasteiger partial charge in [0, 0.05) is 5.02 Å². The maximum absolute atomic E-state index is 12.4. The minimum atomic E-state index is -4.34. The van der Waals surface area contributed by atoms with Crippen molar-refractivity contribution in [3.63, 3.8) is 0 Å². The zero-order valence-corrected chi connectivity index (χ0v) is 7.99. The third-order valence-corrected chi connectivity index (χ3v) is 2.02. The van der Waals surface area contributed by atoms with Crippen molar-refractivity contribution in [2.75, 3.05) is 6.54 Å². The van der Waals surface area contributed by atoms with Crippen LogP contribution in [0.1, 0.15) is 11.1 Å². The van der Waals surface area contributed by atoms with Crippen LogP contribution < -0.4 is 5.73 Å². The zero-order chi connectivity index (χ0) is 10.8. The third kappa shape index (κ3) is 2.62. The van der Waals surface area contributed by atoms with E-state index in [0.717, 1.165) is 6.07 Å². The molecule has 1 rings (SSSR count). The molecule has 0 spiro atoms. The van der Waals surface area contributed by atoms with Crippen LogP contribution in [0.3, 0.4) is 0 Å². The van der Waals surface area contributed by atoms with Gasteiger partial charge in [-0.05, 0) is 36.7 Å². The summed E-state index contributed by atoms with van der Waals surface area (Å²) in [5.41, 5.74) is 4.70. The Bertz CT molecular complexity index is 322. The molecule has 0 saturated heterocycles. The zero-order valence-electron chi connectivity index (χ0n) is 7.24. The van der Waals surface area contributed by atoms with Gasteiger partial charge < -0.3 is 5.73 Å². The molecular formula is C9H9ClF3N. The summed E-state index contributed by atoms with van der Waals surface area (Å²) < 4.78 is 37.3. The Labute approximate surface area is 84.7 Å². The van der Waals surface area contributed by atoms with Crippen molar-refractivity contribution in [2.24, 2.45) is 5.73 Å². The van der Waals surface area contributed by atoms with E-state index < -0.39 is 11.7 Å². The second kappa shape index (κ2) is 4.19. The predicted octanol–water partition coefficient (Wildman–Crippen LogP) is 2.86. The molecular weight excluding hydrogens is 215 g/mol. The molecule has 0 heterocycles. The van der Waals surface area contributed by atoms with E-state index in [1.165, 1.54) is 12.1 Å². The fourth-order valence-electron chi connectivity index (χ4n) is 1.20. The van der Waals surface area contributed by atoms with E-state index in [1.807, 2.05) is 0 Å².